The first-order chi connectivity index (χ1) is 12.8. The lowest BCUT2D eigenvalue weighted by molar-refractivity contribution is -0.122. The Kier molecular flexibility index (Phi) is 6.01. The summed E-state index contributed by atoms with van der Waals surface area (Å²) in [5.41, 5.74) is 2.27. The molecule has 1 amide bonds. The van der Waals surface area contributed by atoms with Crippen LogP contribution in [0.5, 0.6) is 0 Å². The lowest BCUT2D eigenvalue weighted by Crippen LogP contribution is -2.33. The van der Waals surface area contributed by atoms with Crippen LogP contribution in [-0.4, -0.2) is 20.7 Å². The molecule has 1 N–H and O–H groups in total. The second-order valence-corrected chi connectivity index (χ2v) is 8.33. The van der Waals surface area contributed by atoms with Crippen LogP contribution >= 0.6 is 22.7 Å². The Hall–Kier alpha value is -2.13. The molecular formula is C18H20F2N4OS2. The molecule has 1 atom stereocenters. The van der Waals surface area contributed by atoms with E-state index < -0.39 is 6.43 Å². The first kappa shape index (κ1) is 19.6. The van der Waals surface area contributed by atoms with Crippen molar-refractivity contribution in [3.05, 3.63) is 55.4 Å². The van der Waals surface area contributed by atoms with Gasteiger partial charge in [-0.2, -0.15) is 16.4 Å². The monoisotopic (exact) mass is 410 g/mol. The summed E-state index contributed by atoms with van der Waals surface area (Å²) >= 11 is 3.16. The van der Waals surface area contributed by atoms with E-state index in [1.54, 1.807) is 29.6 Å². The Bertz CT molecular complexity index is 899. The second kappa shape index (κ2) is 8.26. The van der Waals surface area contributed by atoms with Gasteiger partial charge in [0, 0.05) is 17.0 Å². The summed E-state index contributed by atoms with van der Waals surface area (Å²) in [5.74, 6) is -0.284. The lowest BCUT2D eigenvalue weighted by atomic mass is 10.1. The van der Waals surface area contributed by atoms with Gasteiger partial charge >= 0.3 is 0 Å². The number of thiophene rings is 1. The lowest BCUT2D eigenvalue weighted by Gasteiger charge is -2.16. The van der Waals surface area contributed by atoms with E-state index in [2.05, 4.69) is 15.4 Å². The Labute approximate surface area is 164 Å². The number of hydrogen-bond donors (Lipinski definition) is 1. The van der Waals surface area contributed by atoms with Gasteiger partial charge in [-0.25, -0.2) is 13.8 Å². The van der Waals surface area contributed by atoms with E-state index >= 15 is 0 Å². The van der Waals surface area contributed by atoms with Crippen molar-refractivity contribution in [3.63, 3.8) is 0 Å². The molecule has 0 aliphatic heterocycles. The fourth-order valence-corrected chi connectivity index (χ4v) is 4.33. The van der Waals surface area contributed by atoms with Crippen molar-refractivity contribution < 1.29 is 13.6 Å². The Balaban J connectivity index is 1.75. The summed E-state index contributed by atoms with van der Waals surface area (Å²) < 4.78 is 26.9. The van der Waals surface area contributed by atoms with E-state index in [1.165, 1.54) is 10.7 Å². The summed E-state index contributed by atoms with van der Waals surface area (Å²) in [5, 5.41) is 11.7. The van der Waals surface area contributed by atoms with Gasteiger partial charge in [0.15, 0.2) is 0 Å². The predicted molar refractivity (Wildman–Crippen MR) is 102 cm³/mol. The molecule has 0 aliphatic carbocycles. The van der Waals surface area contributed by atoms with Gasteiger partial charge in [-0.15, -0.1) is 11.3 Å². The fraction of sp³-hybridized carbons (Fsp3) is 0.389. The Morgan fingerprint density at radius 2 is 2.11 bits per heavy atom. The van der Waals surface area contributed by atoms with Crippen LogP contribution in [0.2, 0.25) is 0 Å². The van der Waals surface area contributed by atoms with E-state index in [0.717, 1.165) is 21.1 Å². The molecule has 0 aromatic carbocycles. The smallest absolute Gasteiger partial charge is 0.282 e. The van der Waals surface area contributed by atoms with Crippen molar-refractivity contribution >= 4 is 28.6 Å². The number of rotatable bonds is 7. The van der Waals surface area contributed by atoms with Crippen LogP contribution < -0.4 is 5.32 Å². The maximum Gasteiger partial charge on any atom is 0.282 e. The van der Waals surface area contributed by atoms with Gasteiger partial charge in [-0.1, -0.05) is 0 Å². The largest absolute Gasteiger partial charge is 0.345 e. The highest BCUT2D eigenvalue weighted by atomic mass is 32.1. The quantitative estimate of drug-likeness (QED) is 0.629. The fourth-order valence-electron chi connectivity index (χ4n) is 2.67. The number of nitrogens with zero attached hydrogens (tertiary/aromatic N) is 3. The minimum atomic E-state index is -2.65. The molecule has 3 aromatic heterocycles. The molecule has 0 radical (unpaired) electrons. The van der Waals surface area contributed by atoms with Gasteiger partial charge in [0.2, 0.25) is 5.91 Å². The van der Waals surface area contributed by atoms with Gasteiger partial charge < -0.3 is 5.32 Å². The van der Waals surface area contributed by atoms with E-state index in [9.17, 15) is 13.6 Å². The molecule has 3 heterocycles. The summed E-state index contributed by atoms with van der Waals surface area (Å²) in [7, 11) is 0. The predicted octanol–water partition coefficient (Wildman–Crippen LogP) is 4.36. The van der Waals surface area contributed by atoms with Crippen molar-refractivity contribution in [2.75, 3.05) is 0 Å². The SMILES string of the molecule is Cc1nc(C(Cc2ccsc2)NC(=O)Cn2nc(C(F)F)cc2C)sc1C. The van der Waals surface area contributed by atoms with Crippen molar-refractivity contribution in [2.24, 2.45) is 0 Å². The van der Waals surface area contributed by atoms with E-state index in [0.29, 0.717) is 12.1 Å². The third-order valence-electron chi connectivity index (χ3n) is 4.22. The molecule has 0 aliphatic rings. The van der Waals surface area contributed by atoms with E-state index in [4.69, 9.17) is 0 Å². The number of carbonyl (C=O) groups is 1. The minimum absolute atomic E-state index is 0.109. The number of hydrogen-bond acceptors (Lipinski definition) is 5. The molecule has 9 heteroatoms. The molecule has 0 bridgehead atoms. The van der Waals surface area contributed by atoms with Gasteiger partial charge in [0.25, 0.3) is 6.43 Å². The van der Waals surface area contributed by atoms with Crippen LogP contribution in [-0.2, 0) is 17.8 Å². The highest BCUT2D eigenvalue weighted by Crippen LogP contribution is 2.26. The normalized spacial score (nSPS) is 12.5. The summed E-state index contributed by atoms with van der Waals surface area (Å²) in [4.78, 5) is 18.3. The molecule has 3 aromatic rings. The zero-order valence-corrected chi connectivity index (χ0v) is 16.8. The zero-order valence-electron chi connectivity index (χ0n) is 15.2. The zero-order chi connectivity index (χ0) is 19.6. The van der Waals surface area contributed by atoms with Gasteiger partial charge in [-0.3, -0.25) is 9.48 Å². The number of alkyl halides is 2. The van der Waals surface area contributed by atoms with Crippen molar-refractivity contribution in [2.45, 2.75) is 46.2 Å². The van der Waals surface area contributed by atoms with Gasteiger partial charge in [0.1, 0.15) is 17.2 Å². The van der Waals surface area contributed by atoms with E-state index in [1.807, 2.05) is 30.7 Å². The third-order valence-corrected chi connectivity index (χ3v) is 6.13. The molecule has 3 rings (SSSR count). The topological polar surface area (TPSA) is 59.8 Å². The molecule has 0 spiro atoms. The molecule has 144 valence electrons. The number of nitrogens with one attached hydrogen (secondary N) is 1. The highest BCUT2D eigenvalue weighted by Gasteiger charge is 2.21. The average Bonchev–Trinajstić information content (AvgIpc) is 3.30. The molecule has 0 fully saturated rings. The molecule has 1 unspecified atom stereocenters. The minimum Gasteiger partial charge on any atom is -0.345 e. The maximum absolute atomic E-state index is 12.8. The Morgan fingerprint density at radius 3 is 2.67 bits per heavy atom. The first-order valence-electron chi connectivity index (χ1n) is 8.40. The van der Waals surface area contributed by atoms with Crippen LogP contribution in [0, 0.1) is 20.8 Å². The second-order valence-electron chi connectivity index (χ2n) is 6.32. The molecular weight excluding hydrogens is 390 g/mol. The number of thiazole rings is 1. The van der Waals surface area contributed by atoms with Gasteiger partial charge in [0.05, 0.1) is 11.7 Å². The molecule has 5 nitrogen and oxygen atoms in total. The van der Waals surface area contributed by atoms with Crippen LogP contribution in [0.15, 0.2) is 22.9 Å². The van der Waals surface area contributed by atoms with Crippen molar-refractivity contribution in [3.8, 4) is 0 Å². The summed E-state index contributed by atoms with van der Waals surface area (Å²) in [6, 6.07) is 3.05. The number of halogens is 2. The van der Waals surface area contributed by atoms with Crippen molar-refractivity contribution in [1.29, 1.82) is 0 Å². The molecule has 27 heavy (non-hydrogen) atoms. The summed E-state index contributed by atoms with van der Waals surface area (Å²) in [6.45, 7) is 5.49. The van der Waals surface area contributed by atoms with E-state index in [-0.39, 0.29) is 24.2 Å². The van der Waals surface area contributed by atoms with Crippen LogP contribution in [0.25, 0.3) is 0 Å². The average molecular weight is 411 g/mol. The van der Waals surface area contributed by atoms with Crippen LogP contribution in [0.1, 0.15) is 45.0 Å². The highest BCUT2D eigenvalue weighted by molar-refractivity contribution is 7.11. The molecule has 0 saturated carbocycles. The number of aryl methyl sites for hydroxylation is 3. The number of carbonyl (C=O) groups excluding carboxylic acids is 1. The maximum atomic E-state index is 12.8. The van der Waals surface area contributed by atoms with Crippen LogP contribution in [0.3, 0.4) is 0 Å². The standard InChI is InChI=1S/C18H20F2N4OS2/c1-10-6-14(17(19)20)23-24(10)8-16(25)22-15(7-13-4-5-26-9-13)18-21-11(2)12(3)27-18/h4-6,9,15,17H,7-8H2,1-3H3,(H,22,25). The first-order valence-corrected chi connectivity index (χ1v) is 10.2. The van der Waals surface area contributed by atoms with Crippen molar-refractivity contribution in [1.82, 2.24) is 20.1 Å². The van der Waals surface area contributed by atoms with Gasteiger partial charge in [-0.05, 0) is 49.2 Å². The number of amides is 1. The summed E-state index contributed by atoms with van der Waals surface area (Å²) in [6.07, 6.45) is -2.03. The third kappa shape index (κ3) is 4.78. The Morgan fingerprint density at radius 1 is 1.33 bits per heavy atom. The van der Waals surface area contributed by atoms with Crippen LogP contribution in [0.4, 0.5) is 8.78 Å². The molecule has 0 saturated heterocycles. The number of aromatic nitrogens is 3.